The van der Waals surface area contributed by atoms with Crippen molar-refractivity contribution in [2.75, 3.05) is 18.1 Å². The molecule has 0 bridgehead atoms. The van der Waals surface area contributed by atoms with Crippen LogP contribution >= 0.6 is 23.4 Å². The fraction of sp³-hybridized carbons (Fsp3) is 0.333. The second kappa shape index (κ2) is 8.61. The van der Waals surface area contributed by atoms with Gasteiger partial charge >= 0.3 is 0 Å². The van der Waals surface area contributed by atoms with Gasteiger partial charge in [0, 0.05) is 16.8 Å². The molecule has 6 nitrogen and oxygen atoms in total. The van der Waals surface area contributed by atoms with Gasteiger partial charge in [-0.05, 0) is 36.8 Å². The Labute approximate surface area is 185 Å². The molecule has 2 aromatic rings. The van der Waals surface area contributed by atoms with Crippen LogP contribution in [0.3, 0.4) is 0 Å². The van der Waals surface area contributed by atoms with Gasteiger partial charge in [-0.15, -0.1) is 0 Å². The van der Waals surface area contributed by atoms with Gasteiger partial charge in [-0.1, -0.05) is 53.2 Å². The van der Waals surface area contributed by atoms with E-state index in [1.807, 2.05) is 36.1 Å². The van der Waals surface area contributed by atoms with Crippen molar-refractivity contribution in [1.82, 2.24) is 4.90 Å². The standard InChI is InChI=1S/C21H21ClN2O4S2/c1-14-2-4-15(5-3-14)10-24-18-12-30(26,27)13-19(18)29-21(24)23-20(25)11-28-17-8-6-16(22)7-9-17/h2-9,18-19H,10-13H2,1H3/t18-,19+/m0/s1. The average molecular weight is 465 g/mol. The molecule has 1 amide bonds. The zero-order chi connectivity index (χ0) is 21.3. The maximum absolute atomic E-state index is 12.4. The number of aryl methyl sites for hydroxylation is 1. The highest BCUT2D eigenvalue weighted by Crippen LogP contribution is 2.39. The van der Waals surface area contributed by atoms with Gasteiger partial charge in [0.15, 0.2) is 21.6 Å². The Balaban J connectivity index is 1.50. The maximum Gasteiger partial charge on any atom is 0.285 e. The monoisotopic (exact) mass is 464 g/mol. The second-order valence-electron chi connectivity index (χ2n) is 7.44. The zero-order valence-corrected chi connectivity index (χ0v) is 18.7. The minimum atomic E-state index is -3.08. The molecule has 2 saturated heterocycles. The molecule has 0 spiro atoms. The lowest BCUT2D eigenvalue weighted by molar-refractivity contribution is -0.119. The summed E-state index contributed by atoms with van der Waals surface area (Å²) in [4.78, 5) is 18.6. The van der Waals surface area contributed by atoms with Gasteiger partial charge in [-0.25, -0.2) is 8.42 Å². The number of hydrogen-bond acceptors (Lipinski definition) is 5. The molecule has 2 fully saturated rings. The lowest BCUT2D eigenvalue weighted by Crippen LogP contribution is -2.37. The number of nitrogens with zero attached hydrogens (tertiary/aromatic N) is 2. The summed E-state index contributed by atoms with van der Waals surface area (Å²) in [5.74, 6) is 0.322. The lowest BCUT2D eigenvalue weighted by atomic mass is 10.1. The molecule has 30 heavy (non-hydrogen) atoms. The fourth-order valence-electron chi connectivity index (χ4n) is 3.53. The molecule has 2 aliphatic rings. The molecule has 2 aliphatic heterocycles. The minimum absolute atomic E-state index is 0.0883. The summed E-state index contributed by atoms with van der Waals surface area (Å²) in [6, 6.07) is 14.6. The fourth-order valence-corrected chi connectivity index (χ4v) is 7.62. The van der Waals surface area contributed by atoms with Crippen molar-refractivity contribution in [3.05, 3.63) is 64.7 Å². The summed E-state index contributed by atoms with van der Waals surface area (Å²) < 4.78 is 29.7. The van der Waals surface area contributed by atoms with Crippen LogP contribution < -0.4 is 4.74 Å². The number of fused-ring (bicyclic) bond motifs is 1. The predicted molar refractivity (Wildman–Crippen MR) is 120 cm³/mol. The van der Waals surface area contributed by atoms with E-state index in [1.165, 1.54) is 11.8 Å². The molecular formula is C21H21ClN2O4S2. The first-order chi connectivity index (χ1) is 14.3. The predicted octanol–water partition coefficient (Wildman–Crippen LogP) is 3.32. The van der Waals surface area contributed by atoms with Crippen LogP contribution in [0.5, 0.6) is 5.75 Å². The molecule has 4 rings (SSSR count). The Morgan fingerprint density at radius 1 is 1.17 bits per heavy atom. The van der Waals surface area contributed by atoms with Gasteiger partial charge in [-0.3, -0.25) is 4.79 Å². The van der Waals surface area contributed by atoms with Gasteiger partial charge in [-0.2, -0.15) is 4.99 Å². The summed E-state index contributed by atoms with van der Waals surface area (Å²) >= 11 is 7.22. The smallest absolute Gasteiger partial charge is 0.285 e. The zero-order valence-electron chi connectivity index (χ0n) is 16.3. The van der Waals surface area contributed by atoms with Crippen molar-refractivity contribution in [3.8, 4) is 5.75 Å². The normalized spacial score (nSPS) is 23.5. The van der Waals surface area contributed by atoms with E-state index in [9.17, 15) is 13.2 Å². The molecule has 2 aromatic carbocycles. The van der Waals surface area contributed by atoms with E-state index >= 15 is 0 Å². The largest absolute Gasteiger partial charge is 0.484 e. The lowest BCUT2D eigenvalue weighted by Gasteiger charge is -2.24. The quantitative estimate of drug-likeness (QED) is 0.675. The molecule has 0 radical (unpaired) electrons. The maximum atomic E-state index is 12.4. The van der Waals surface area contributed by atoms with Crippen molar-refractivity contribution in [3.63, 3.8) is 0 Å². The number of amidine groups is 1. The third-order valence-corrected chi connectivity index (χ3v) is 8.54. The van der Waals surface area contributed by atoms with Crippen LogP contribution in [-0.2, 0) is 21.2 Å². The van der Waals surface area contributed by atoms with Crippen molar-refractivity contribution in [2.24, 2.45) is 4.99 Å². The summed E-state index contributed by atoms with van der Waals surface area (Å²) in [6.07, 6.45) is 0. The average Bonchev–Trinajstić information content (AvgIpc) is 3.15. The molecule has 9 heteroatoms. The number of amides is 1. The number of carbonyl (C=O) groups is 1. The van der Waals surface area contributed by atoms with E-state index in [1.54, 1.807) is 24.3 Å². The highest BCUT2D eigenvalue weighted by atomic mass is 35.5. The number of carbonyl (C=O) groups excluding carboxylic acids is 1. The number of rotatable bonds is 5. The molecular weight excluding hydrogens is 444 g/mol. The van der Waals surface area contributed by atoms with E-state index in [4.69, 9.17) is 16.3 Å². The van der Waals surface area contributed by atoms with Gasteiger partial charge in [0.2, 0.25) is 0 Å². The third-order valence-electron chi connectivity index (χ3n) is 5.04. The molecule has 0 aromatic heterocycles. The molecule has 0 saturated carbocycles. The Morgan fingerprint density at radius 2 is 1.87 bits per heavy atom. The van der Waals surface area contributed by atoms with Crippen molar-refractivity contribution in [2.45, 2.75) is 24.8 Å². The number of aliphatic imine (C=N–C) groups is 1. The van der Waals surface area contributed by atoms with Crippen molar-refractivity contribution >= 4 is 44.3 Å². The molecule has 158 valence electrons. The SMILES string of the molecule is Cc1ccc(CN2C(=NC(=O)COc3ccc(Cl)cc3)S[C@@H]3CS(=O)(=O)C[C@@H]32)cc1. The Kier molecular flexibility index (Phi) is 6.09. The highest BCUT2D eigenvalue weighted by molar-refractivity contribution is 8.15. The van der Waals surface area contributed by atoms with Crippen molar-refractivity contribution < 1.29 is 17.9 Å². The summed E-state index contributed by atoms with van der Waals surface area (Å²) in [5.41, 5.74) is 2.20. The third kappa shape index (κ3) is 4.99. The second-order valence-corrected chi connectivity index (χ2v) is 11.2. The highest BCUT2D eigenvalue weighted by Gasteiger charge is 2.48. The molecule has 0 N–H and O–H groups in total. The van der Waals surface area contributed by atoms with Crippen molar-refractivity contribution in [1.29, 1.82) is 0 Å². The first kappa shape index (κ1) is 21.2. The van der Waals surface area contributed by atoms with Crippen LogP contribution in [0, 0.1) is 6.92 Å². The van der Waals surface area contributed by atoms with Crippen LogP contribution in [0.15, 0.2) is 53.5 Å². The van der Waals surface area contributed by atoms with Crippen LogP contribution in [0.2, 0.25) is 5.02 Å². The number of sulfone groups is 1. The number of thioether (sulfide) groups is 1. The molecule has 2 atom stereocenters. The Bertz CT molecular complexity index is 1070. The van der Waals surface area contributed by atoms with Gasteiger partial charge in [0.05, 0.1) is 17.5 Å². The first-order valence-corrected chi connectivity index (χ1v) is 12.6. The van der Waals surface area contributed by atoms with Crippen LogP contribution in [0.25, 0.3) is 0 Å². The minimum Gasteiger partial charge on any atom is -0.484 e. The van der Waals surface area contributed by atoms with Gasteiger partial charge in [0.25, 0.3) is 5.91 Å². The van der Waals surface area contributed by atoms with Gasteiger partial charge < -0.3 is 9.64 Å². The van der Waals surface area contributed by atoms with E-state index < -0.39 is 15.7 Å². The topological polar surface area (TPSA) is 76.0 Å². The van der Waals surface area contributed by atoms with E-state index in [0.29, 0.717) is 22.5 Å². The van der Waals surface area contributed by atoms with E-state index in [-0.39, 0.29) is 29.4 Å². The van der Waals surface area contributed by atoms with Crippen LogP contribution in [-0.4, -0.2) is 53.8 Å². The molecule has 0 aliphatic carbocycles. The van der Waals surface area contributed by atoms with E-state index in [2.05, 4.69) is 4.99 Å². The molecule has 2 heterocycles. The summed E-state index contributed by atoms with van der Waals surface area (Å²) in [5, 5.41) is 1.04. The van der Waals surface area contributed by atoms with Gasteiger partial charge in [0.1, 0.15) is 5.75 Å². The molecule has 0 unspecified atom stereocenters. The summed E-state index contributed by atoms with van der Waals surface area (Å²) in [6.45, 7) is 2.33. The Hall–Kier alpha value is -2.03. The number of halogens is 1. The number of hydrogen-bond donors (Lipinski definition) is 0. The van der Waals surface area contributed by atoms with E-state index in [0.717, 1.165) is 11.1 Å². The number of benzene rings is 2. The summed E-state index contributed by atoms with van der Waals surface area (Å²) in [7, 11) is -3.08. The number of ether oxygens (including phenoxy) is 1. The van der Waals surface area contributed by atoms with Crippen LogP contribution in [0.1, 0.15) is 11.1 Å². The van der Waals surface area contributed by atoms with Crippen LogP contribution in [0.4, 0.5) is 0 Å². The first-order valence-electron chi connectivity index (χ1n) is 9.48. The Morgan fingerprint density at radius 3 is 2.57 bits per heavy atom.